The van der Waals surface area contributed by atoms with Crippen molar-refractivity contribution in [2.45, 2.75) is 66.1 Å². The van der Waals surface area contributed by atoms with E-state index in [1.807, 2.05) is 49.9 Å². The van der Waals surface area contributed by atoms with E-state index >= 15 is 0 Å². The molecule has 1 amide bonds. The summed E-state index contributed by atoms with van der Waals surface area (Å²) in [7, 11) is 1.47. The van der Waals surface area contributed by atoms with Crippen LogP contribution in [0, 0.1) is 25.2 Å². The van der Waals surface area contributed by atoms with Gasteiger partial charge in [0.1, 0.15) is 23.8 Å². The van der Waals surface area contributed by atoms with E-state index in [0.717, 1.165) is 59.8 Å². The van der Waals surface area contributed by atoms with Crippen LogP contribution in [0.1, 0.15) is 55.0 Å². The number of amides is 1. The number of hydrogen-bond donors (Lipinski definition) is 0. The van der Waals surface area contributed by atoms with Crippen molar-refractivity contribution < 1.29 is 23.8 Å². The summed E-state index contributed by atoms with van der Waals surface area (Å²) in [4.78, 5) is 34.2. The van der Waals surface area contributed by atoms with Crippen molar-refractivity contribution in [2.75, 3.05) is 38.2 Å². The minimum atomic E-state index is -0.510. The SMILES string of the molecule is COC(=O)[C@]12C[C@H]1CN(c1cccc(-c3cccc(C)c3OCc3ccc4c(c3C)CCN(C(=O)OC(C)(C)C)CC4)n1)C2. The molecule has 2 fully saturated rings. The van der Waals surface area contributed by atoms with Gasteiger partial charge in [-0.3, -0.25) is 4.79 Å². The fourth-order valence-electron chi connectivity index (χ4n) is 6.85. The highest BCUT2D eigenvalue weighted by Gasteiger charge is 2.66. The summed E-state index contributed by atoms with van der Waals surface area (Å²) in [5.74, 6) is 1.91. The Morgan fingerprint density at radius 3 is 2.57 bits per heavy atom. The van der Waals surface area contributed by atoms with Gasteiger partial charge in [-0.05, 0) is 106 Å². The van der Waals surface area contributed by atoms with Gasteiger partial charge in [0.2, 0.25) is 0 Å². The third-order valence-corrected chi connectivity index (χ3v) is 9.40. The topological polar surface area (TPSA) is 81.2 Å². The van der Waals surface area contributed by atoms with Gasteiger partial charge in [-0.25, -0.2) is 9.78 Å². The van der Waals surface area contributed by atoms with Gasteiger partial charge in [0.05, 0.1) is 18.2 Å². The molecule has 1 aliphatic carbocycles. The zero-order chi connectivity index (χ0) is 31.2. The summed E-state index contributed by atoms with van der Waals surface area (Å²) in [6.07, 6.45) is 2.24. The number of aromatic nitrogens is 1. The maximum absolute atomic E-state index is 12.7. The normalized spacial score (nSPS) is 20.8. The van der Waals surface area contributed by atoms with Gasteiger partial charge < -0.3 is 24.0 Å². The van der Waals surface area contributed by atoms with Crippen LogP contribution in [0.4, 0.5) is 10.6 Å². The number of aryl methyl sites for hydroxylation is 1. The summed E-state index contributed by atoms with van der Waals surface area (Å²) in [6, 6.07) is 16.5. The van der Waals surface area contributed by atoms with Crippen molar-refractivity contribution in [3.8, 4) is 17.0 Å². The Balaban J connectivity index is 1.18. The van der Waals surface area contributed by atoms with E-state index in [2.05, 4.69) is 43.0 Å². The zero-order valence-electron chi connectivity index (χ0n) is 26.7. The Bertz CT molecular complexity index is 1600. The molecule has 0 unspecified atom stereocenters. The molecule has 1 saturated carbocycles. The minimum absolute atomic E-state index is 0.107. The van der Waals surface area contributed by atoms with Crippen LogP contribution in [0.3, 0.4) is 0 Å². The number of pyridine rings is 1. The molecule has 1 aromatic heterocycles. The smallest absolute Gasteiger partial charge is 0.410 e. The monoisotopic (exact) mass is 597 g/mol. The molecule has 2 atom stereocenters. The summed E-state index contributed by atoms with van der Waals surface area (Å²) in [5.41, 5.74) is 6.88. The fourth-order valence-corrected chi connectivity index (χ4v) is 6.85. The molecule has 0 bridgehead atoms. The van der Waals surface area contributed by atoms with E-state index in [9.17, 15) is 9.59 Å². The Hall–Kier alpha value is -4.07. The Labute approximate surface area is 260 Å². The van der Waals surface area contributed by atoms with Gasteiger partial charge in [0.15, 0.2) is 0 Å². The molecule has 8 nitrogen and oxygen atoms in total. The third kappa shape index (κ3) is 5.74. The van der Waals surface area contributed by atoms with Crippen LogP contribution in [-0.2, 0) is 33.7 Å². The molecule has 1 saturated heterocycles. The number of piperidine rings is 1. The molecule has 0 spiro atoms. The average molecular weight is 598 g/mol. The first kappa shape index (κ1) is 30.0. The second-order valence-corrected chi connectivity index (χ2v) is 13.5. The van der Waals surface area contributed by atoms with Gasteiger partial charge in [-0.1, -0.05) is 30.3 Å². The maximum atomic E-state index is 12.7. The van der Waals surface area contributed by atoms with Crippen molar-refractivity contribution >= 4 is 17.9 Å². The first-order valence-corrected chi connectivity index (χ1v) is 15.6. The molecular weight excluding hydrogens is 554 g/mol. The van der Waals surface area contributed by atoms with E-state index in [1.165, 1.54) is 23.8 Å². The van der Waals surface area contributed by atoms with Crippen LogP contribution in [-0.4, -0.2) is 60.8 Å². The number of hydrogen-bond acceptors (Lipinski definition) is 7. The summed E-state index contributed by atoms with van der Waals surface area (Å²) >= 11 is 0. The minimum Gasteiger partial charge on any atom is -0.488 e. The standard InChI is InChI=1S/C36H43N3O5/c1-23-9-7-10-29(30-11-8-12-31(37-30)39-20-27-19-36(27,22-39)33(40)42-6)32(23)43-21-26-14-13-25-15-17-38(18-16-28(25)24(26)2)34(41)44-35(3,4)5/h7-14,27H,15-22H2,1-6H3/t27-,36-/m0/s1. The predicted molar refractivity (Wildman–Crippen MR) is 170 cm³/mol. The number of methoxy groups -OCH3 is 1. The lowest BCUT2D eigenvalue weighted by molar-refractivity contribution is -0.146. The number of para-hydroxylation sites is 1. The third-order valence-electron chi connectivity index (χ3n) is 9.40. The Kier molecular flexibility index (Phi) is 7.80. The number of anilines is 1. The van der Waals surface area contributed by atoms with E-state index in [4.69, 9.17) is 19.2 Å². The highest BCUT2D eigenvalue weighted by atomic mass is 16.6. The van der Waals surface area contributed by atoms with Crippen molar-refractivity contribution in [1.82, 2.24) is 9.88 Å². The molecule has 0 radical (unpaired) electrons. The van der Waals surface area contributed by atoms with Gasteiger partial charge >= 0.3 is 12.1 Å². The van der Waals surface area contributed by atoms with Crippen molar-refractivity contribution in [3.63, 3.8) is 0 Å². The predicted octanol–water partition coefficient (Wildman–Crippen LogP) is 6.28. The molecule has 6 rings (SSSR count). The van der Waals surface area contributed by atoms with Gasteiger partial charge in [0.25, 0.3) is 0 Å². The van der Waals surface area contributed by atoms with Crippen molar-refractivity contribution in [2.24, 2.45) is 11.3 Å². The largest absolute Gasteiger partial charge is 0.488 e. The fraction of sp³-hybridized carbons (Fsp3) is 0.472. The number of benzene rings is 2. The highest BCUT2D eigenvalue weighted by Crippen LogP contribution is 2.59. The number of ether oxygens (including phenoxy) is 3. The molecular formula is C36H43N3O5. The lowest BCUT2D eigenvalue weighted by atomic mass is 9.94. The van der Waals surface area contributed by atoms with Crippen LogP contribution in [0.2, 0.25) is 0 Å². The molecule has 8 heteroatoms. The number of rotatable bonds is 6. The quantitative estimate of drug-likeness (QED) is 0.310. The van der Waals surface area contributed by atoms with Crippen molar-refractivity contribution in [3.05, 3.63) is 76.3 Å². The van der Waals surface area contributed by atoms with Gasteiger partial charge in [0, 0.05) is 31.7 Å². The maximum Gasteiger partial charge on any atom is 0.410 e. The number of fused-ring (bicyclic) bond motifs is 2. The molecule has 3 heterocycles. The van der Waals surface area contributed by atoms with Crippen molar-refractivity contribution in [1.29, 1.82) is 0 Å². The van der Waals surface area contributed by atoms with Gasteiger partial charge in [-0.15, -0.1) is 0 Å². The number of nitrogens with zero attached hydrogens (tertiary/aromatic N) is 3. The molecule has 3 aromatic rings. The molecule has 44 heavy (non-hydrogen) atoms. The summed E-state index contributed by atoms with van der Waals surface area (Å²) in [6.45, 7) is 13.1. The van der Waals surface area contributed by atoms with Crippen LogP contribution >= 0.6 is 0 Å². The van der Waals surface area contributed by atoms with Gasteiger partial charge in [-0.2, -0.15) is 0 Å². The lowest BCUT2D eigenvalue weighted by Crippen LogP contribution is -2.38. The highest BCUT2D eigenvalue weighted by molar-refractivity contribution is 5.83. The van der Waals surface area contributed by atoms with Crippen LogP contribution in [0.5, 0.6) is 5.75 Å². The lowest BCUT2D eigenvalue weighted by Gasteiger charge is -2.26. The number of carbonyl (C=O) groups excluding carboxylic acids is 2. The molecule has 3 aliphatic rings. The second kappa shape index (κ2) is 11.5. The van der Waals surface area contributed by atoms with E-state index in [-0.39, 0.29) is 17.5 Å². The molecule has 2 aliphatic heterocycles. The summed E-state index contributed by atoms with van der Waals surface area (Å²) in [5, 5.41) is 0. The summed E-state index contributed by atoms with van der Waals surface area (Å²) < 4.78 is 17.3. The first-order chi connectivity index (χ1) is 21.0. The zero-order valence-corrected chi connectivity index (χ0v) is 26.7. The first-order valence-electron chi connectivity index (χ1n) is 15.6. The average Bonchev–Trinajstić information content (AvgIpc) is 3.64. The Morgan fingerprint density at radius 2 is 1.80 bits per heavy atom. The molecule has 2 aromatic carbocycles. The number of esters is 1. The van der Waals surface area contributed by atoms with E-state index < -0.39 is 5.60 Å². The Morgan fingerprint density at radius 1 is 1.02 bits per heavy atom. The number of carbonyl (C=O) groups is 2. The van der Waals surface area contributed by atoms with Crippen LogP contribution < -0.4 is 9.64 Å². The van der Waals surface area contributed by atoms with Crippen LogP contribution in [0.25, 0.3) is 11.3 Å². The van der Waals surface area contributed by atoms with Crippen LogP contribution in [0.15, 0.2) is 48.5 Å². The van der Waals surface area contributed by atoms with E-state index in [1.54, 1.807) is 0 Å². The van der Waals surface area contributed by atoms with E-state index in [0.29, 0.717) is 32.2 Å². The second-order valence-electron chi connectivity index (χ2n) is 13.5. The molecule has 232 valence electrons. The molecule has 0 N–H and O–H groups in total.